The Bertz CT molecular complexity index is 917. The third-order valence-electron chi connectivity index (χ3n) is 4.88. The van der Waals surface area contributed by atoms with Crippen LogP contribution in [0.2, 0.25) is 0 Å². The molecule has 0 bridgehead atoms. The molecule has 8 nitrogen and oxygen atoms in total. The van der Waals surface area contributed by atoms with Crippen molar-refractivity contribution in [3.05, 3.63) is 36.8 Å². The third-order valence-corrected chi connectivity index (χ3v) is 4.88. The first-order valence-corrected chi connectivity index (χ1v) is 9.23. The van der Waals surface area contributed by atoms with Crippen molar-refractivity contribution in [2.45, 2.75) is 25.4 Å². The normalized spacial score (nSPS) is 17.8. The summed E-state index contributed by atoms with van der Waals surface area (Å²) in [6.07, 6.45) is 5.97. The number of anilines is 1. The van der Waals surface area contributed by atoms with E-state index in [1.807, 2.05) is 17.9 Å². The van der Waals surface area contributed by atoms with Gasteiger partial charge in [0.05, 0.1) is 12.4 Å². The Balaban J connectivity index is 1.47. The molecule has 1 aliphatic heterocycles. The number of aromatic nitrogens is 5. The van der Waals surface area contributed by atoms with E-state index >= 15 is 0 Å². The molecule has 0 amide bonds. The molecule has 1 unspecified atom stereocenters. The summed E-state index contributed by atoms with van der Waals surface area (Å²) in [5.74, 6) is 0.642. The molecular weight excluding hydrogens is 361 g/mol. The molecule has 9 heteroatoms. The maximum absolute atomic E-state index is 12.7. The topological polar surface area (TPSA) is 103 Å². The van der Waals surface area contributed by atoms with Crippen LogP contribution < -0.4 is 10.2 Å². The quantitative estimate of drug-likeness (QED) is 0.599. The van der Waals surface area contributed by atoms with Crippen molar-refractivity contribution in [3.8, 4) is 28.1 Å². The summed E-state index contributed by atoms with van der Waals surface area (Å²) >= 11 is 0. The summed E-state index contributed by atoms with van der Waals surface area (Å²) in [6.45, 7) is 2.96. The number of rotatable bonds is 6. The van der Waals surface area contributed by atoms with E-state index in [0.29, 0.717) is 17.2 Å². The van der Waals surface area contributed by atoms with Crippen LogP contribution in [-0.2, 0) is 0 Å². The highest BCUT2D eigenvalue weighted by Crippen LogP contribution is 2.32. The highest BCUT2D eigenvalue weighted by Gasteiger charge is 2.25. The van der Waals surface area contributed by atoms with E-state index in [1.54, 1.807) is 30.7 Å². The van der Waals surface area contributed by atoms with Crippen LogP contribution in [0.1, 0.15) is 13.3 Å². The summed E-state index contributed by atoms with van der Waals surface area (Å²) in [4.78, 5) is 6.44. The summed E-state index contributed by atoms with van der Waals surface area (Å²) in [6, 6.07) is 5.40. The Kier molecular flexibility index (Phi) is 5.16. The summed E-state index contributed by atoms with van der Waals surface area (Å²) in [5, 5.41) is 28.8. The van der Waals surface area contributed by atoms with Crippen molar-refractivity contribution in [3.63, 3.8) is 0 Å². The van der Waals surface area contributed by atoms with Gasteiger partial charge in [0.25, 0.3) is 0 Å². The second kappa shape index (κ2) is 7.89. The number of phenols is 1. The molecule has 0 saturated carbocycles. The van der Waals surface area contributed by atoms with Gasteiger partial charge in [0, 0.05) is 42.5 Å². The molecule has 0 spiro atoms. The average Bonchev–Trinajstić information content (AvgIpc) is 3.40. The Labute approximate surface area is 161 Å². The molecular formula is C19H22FN7O. The van der Waals surface area contributed by atoms with Gasteiger partial charge in [0.15, 0.2) is 0 Å². The zero-order valence-electron chi connectivity index (χ0n) is 15.5. The van der Waals surface area contributed by atoms with Gasteiger partial charge in [-0.2, -0.15) is 5.10 Å². The van der Waals surface area contributed by atoms with Gasteiger partial charge < -0.3 is 15.3 Å². The number of alkyl halides is 1. The largest absolute Gasteiger partial charge is 0.507 e. The molecule has 0 aliphatic carbocycles. The van der Waals surface area contributed by atoms with Crippen LogP contribution >= 0.6 is 0 Å². The van der Waals surface area contributed by atoms with Crippen LogP contribution in [0.15, 0.2) is 36.8 Å². The maximum Gasteiger partial charge on any atom is 0.245 e. The smallest absolute Gasteiger partial charge is 0.245 e. The van der Waals surface area contributed by atoms with Crippen LogP contribution in [-0.4, -0.2) is 62.3 Å². The van der Waals surface area contributed by atoms with Gasteiger partial charge >= 0.3 is 0 Å². The Hall–Kier alpha value is -3.07. The maximum atomic E-state index is 12.7. The summed E-state index contributed by atoms with van der Waals surface area (Å²) in [7, 11) is 0. The van der Waals surface area contributed by atoms with E-state index in [4.69, 9.17) is 0 Å². The van der Waals surface area contributed by atoms with E-state index in [-0.39, 0.29) is 24.5 Å². The molecule has 3 N–H and O–H groups in total. The number of phenolic OH excluding ortho intramolecular Hbond substituents is 1. The first-order valence-electron chi connectivity index (χ1n) is 9.23. The van der Waals surface area contributed by atoms with Crippen molar-refractivity contribution >= 4 is 5.95 Å². The second-order valence-electron chi connectivity index (χ2n) is 7.02. The number of hydrogen-bond acceptors (Lipinski definition) is 7. The van der Waals surface area contributed by atoms with Gasteiger partial charge in [0.1, 0.15) is 18.1 Å². The third kappa shape index (κ3) is 3.79. The van der Waals surface area contributed by atoms with E-state index in [2.05, 4.69) is 30.7 Å². The number of hydrogen-bond donors (Lipinski definition) is 3. The molecule has 146 valence electrons. The zero-order chi connectivity index (χ0) is 19.5. The fourth-order valence-electron chi connectivity index (χ4n) is 3.40. The molecule has 3 heterocycles. The molecule has 1 saturated heterocycles. The Morgan fingerprint density at radius 3 is 2.89 bits per heavy atom. The number of H-pyrrole nitrogens is 1. The standard InChI is InChI=1S/C19H22FN7O/c1-12(7-20)24-15-4-5-27(11-15)19-21-10-17(25-26-19)16-3-2-13(6-18(16)28)14-8-22-23-9-14/h2-3,6,8-10,12,15,24,28H,4-5,7,11H2,1H3,(H,22,23)/t12?,15-/m0/s1. The van der Waals surface area contributed by atoms with Crippen molar-refractivity contribution in [2.75, 3.05) is 24.7 Å². The monoisotopic (exact) mass is 383 g/mol. The molecule has 1 aromatic carbocycles. The van der Waals surface area contributed by atoms with Gasteiger partial charge in [-0.3, -0.25) is 5.10 Å². The zero-order valence-corrected chi connectivity index (χ0v) is 15.5. The van der Waals surface area contributed by atoms with Crippen LogP contribution in [0.3, 0.4) is 0 Å². The summed E-state index contributed by atoms with van der Waals surface area (Å²) in [5.41, 5.74) is 2.81. The van der Waals surface area contributed by atoms with Gasteiger partial charge in [0.2, 0.25) is 5.95 Å². The molecule has 3 aromatic rings. The molecule has 1 aliphatic rings. The highest BCUT2D eigenvalue weighted by molar-refractivity contribution is 5.73. The van der Waals surface area contributed by atoms with Crippen LogP contribution in [0.4, 0.5) is 10.3 Å². The van der Waals surface area contributed by atoms with Gasteiger partial charge in [-0.05, 0) is 31.0 Å². The van der Waals surface area contributed by atoms with Crippen LogP contribution in [0, 0.1) is 0 Å². The van der Waals surface area contributed by atoms with Crippen LogP contribution in [0.25, 0.3) is 22.4 Å². The van der Waals surface area contributed by atoms with E-state index in [9.17, 15) is 9.50 Å². The number of aromatic hydroxyl groups is 1. The van der Waals surface area contributed by atoms with Gasteiger partial charge in [-0.15, -0.1) is 10.2 Å². The molecule has 28 heavy (non-hydrogen) atoms. The minimum Gasteiger partial charge on any atom is -0.507 e. The molecule has 0 radical (unpaired) electrons. The number of nitrogens with zero attached hydrogens (tertiary/aromatic N) is 5. The minimum absolute atomic E-state index is 0.105. The lowest BCUT2D eigenvalue weighted by molar-refractivity contribution is 0.365. The summed E-state index contributed by atoms with van der Waals surface area (Å²) < 4.78 is 12.7. The van der Waals surface area contributed by atoms with Crippen LogP contribution in [0.5, 0.6) is 5.75 Å². The number of benzene rings is 1. The van der Waals surface area contributed by atoms with E-state index < -0.39 is 0 Å². The number of nitrogens with one attached hydrogen (secondary N) is 2. The molecule has 1 fully saturated rings. The molecule has 4 rings (SSSR count). The average molecular weight is 383 g/mol. The predicted molar refractivity (Wildman–Crippen MR) is 104 cm³/mol. The van der Waals surface area contributed by atoms with Crippen molar-refractivity contribution in [1.82, 2.24) is 30.7 Å². The van der Waals surface area contributed by atoms with Crippen molar-refractivity contribution < 1.29 is 9.50 Å². The van der Waals surface area contributed by atoms with Crippen molar-refractivity contribution in [1.29, 1.82) is 0 Å². The Morgan fingerprint density at radius 1 is 1.32 bits per heavy atom. The van der Waals surface area contributed by atoms with Crippen molar-refractivity contribution in [2.24, 2.45) is 0 Å². The molecule has 2 atom stereocenters. The fourth-order valence-corrected chi connectivity index (χ4v) is 3.40. The lowest BCUT2D eigenvalue weighted by Crippen LogP contribution is -2.39. The molecule has 2 aromatic heterocycles. The first kappa shape index (κ1) is 18.3. The predicted octanol–water partition coefficient (Wildman–Crippen LogP) is 2.16. The minimum atomic E-state index is -0.383. The van der Waals surface area contributed by atoms with E-state index in [0.717, 1.165) is 30.6 Å². The van der Waals surface area contributed by atoms with Gasteiger partial charge in [-0.25, -0.2) is 9.37 Å². The SMILES string of the molecule is CC(CF)N[C@H]1CCN(c2ncc(-c3ccc(-c4cn[nH]c4)cc3O)nn2)C1. The first-order chi connectivity index (χ1) is 13.6. The Morgan fingerprint density at radius 2 is 2.21 bits per heavy atom. The second-order valence-corrected chi connectivity index (χ2v) is 7.02. The lowest BCUT2D eigenvalue weighted by Gasteiger charge is -2.18. The highest BCUT2D eigenvalue weighted by atomic mass is 19.1. The number of aromatic amines is 1. The lowest BCUT2D eigenvalue weighted by atomic mass is 10.0. The van der Waals surface area contributed by atoms with E-state index in [1.165, 1.54) is 0 Å². The fraction of sp³-hybridized carbons (Fsp3) is 0.368. The number of halogens is 1. The van der Waals surface area contributed by atoms with Gasteiger partial charge in [-0.1, -0.05) is 6.07 Å².